The third-order valence-corrected chi connectivity index (χ3v) is 10.2. The molecule has 0 heterocycles. The van der Waals surface area contributed by atoms with E-state index < -0.39 is 11.0 Å². The Balaban J connectivity index is 1.52. The minimum atomic E-state index is -1.30. The predicted molar refractivity (Wildman–Crippen MR) is 116 cm³/mol. The van der Waals surface area contributed by atoms with Crippen LogP contribution >= 0.6 is 11.8 Å². The number of methoxy groups -OCH3 is 1. The highest BCUT2D eigenvalue weighted by atomic mass is 32.2. The number of hydrogen-bond donors (Lipinski definition) is 1. The largest absolute Gasteiger partial charge is 0.468 e. The predicted octanol–water partition coefficient (Wildman–Crippen LogP) is 3.72. The van der Waals surface area contributed by atoms with Crippen LogP contribution < -0.4 is 0 Å². The SMILES string of the molecule is COC(=O)CSCC(=O)C1(O)CCC2C3CCC4=CC(=O)CCC4(C)C3CCC21C. The van der Waals surface area contributed by atoms with Gasteiger partial charge in [0.15, 0.2) is 11.6 Å². The lowest BCUT2D eigenvalue weighted by Gasteiger charge is -2.58. The molecule has 0 radical (unpaired) electrons. The normalized spacial score (nSPS) is 42.6. The number of aliphatic hydroxyl groups is 1. The summed E-state index contributed by atoms with van der Waals surface area (Å²) in [6.07, 6.45) is 8.78. The van der Waals surface area contributed by atoms with E-state index >= 15 is 0 Å². The molecule has 4 aliphatic rings. The topological polar surface area (TPSA) is 80.7 Å². The number of ketones is 2. The van der Waals surface area contributed by atoms with E-state index in [2.05, 4.69) is 18.6 Å². The van der Waals surface area contributed by atoms with Crippen LogP contribution in [0.25, 0.3) is 0 Å². The molecule has 0 saturated heterocycles. The Morgan fingerprint density at radius 2 is 1.83 bits per heavy atom. The Hall–Kier alpha value is -1.14. The van der Waals surface area contributed by atoms with Crippen molar-refractivity contribution in [3.63, 3.8) is 0 Å². The maximum Gasteiger partial charge on any atom is 0.315 e. The monoisotopic (exact) mass is 434 g/mol. The molecule has 0 aliphatic heterocycles. The van der Waals surface area contributed by atoms with Crippen LogP contribution in [0.1, 0.15) is 65.2 Å². The minimum Gasteiger partial charge on any atom is -0.468 e. The standard InChI is InChI=1S/C24H34O5S/c1-22-9-6-16(25)12-15(22)4-5-17-18(22)7-10-23(2)19(17)8-11-24(23,28)20(26)13-30-14-21(27)29-3/h12,17-19,28H,4-11,13-14H2,1-3H3. The first-order valence-electron chi connectivity index (χ1n) is 11.3. The number of ether oxygens (including phenoxy) is 1. The van der Waals surface area contributed by atoms with Crippen molar-refractivity contribution in [2.24, 2.45) is 28.6 Å². The van der Waals surface area contributed by atoms with Crippen molar-refractivity contribution in [3.05, 3.63) is 11.6 Å². The van der Waals surface area contributed by atoms with E-state index in [-0.39, 0.29) is 34.5 Å². The van der Waals surface area contributed by atoms with E-state index in [0.29, 0.717) is 30.6 Å². The molecule has 0 amide bonds. The van der Waals surface area contributed by atoms with Gasteiger partial charge in [-0.05, 0) is 74.2 Å². The van der Waals surface area contributed by atoms with Gasteiger partial charge in [0, 0.05) is 11.8 Å². The summed E-state index contributed by atoms with van der Waals surface area (Å²) in [5, 5.41) is 11.6. The number of allylic oxidation sites excluding steroid dienone is 1. The van der Waals surface area contributed by atoms with Crippen LogP contribution in [-0.4, -0.2) is 46.9 Å². The van der Waals surface area contributed by atoms with Gasteiger partial charge in [-0.1, -0.05) is 19.4 Å². The van der Waals surface area contributed by atoms with E-state index in [1.54, 1.807) is 0 Å². The van der Waals surface area contributed by atoms with Gasteiger partial charge in [-0.3, -0.25) is 14.4 Å². The molecule has 5 nitrogen and oxygen atoms in total. The lowest BCUT2D eigenvalue weighted by molar-refractivity contribution is -0.159. The molecule has 0 spiro atoms. The zero-order chi connectivity index (χ0) is 21.7. The number of fused-ring (bicyclic) bond motifs is 5. The molecule has 166 valence electrons. The van der Waals surface area contributed by atoms with Gasteiger partial charge in [-0.15, -0.1) is 11.8 Å². The van der Waals surface area contributed by atoms with Gasteiger partial charge in [-0.2, -0.15) is 0 Å². The molecule has 4 rings (SSSR count). The smallest absolute Gasteiger partial charge is 0.315 e. The van der Waals surface area contributed by atoms with E-state index in [4.69, 9.17) is 0 Å². The van der Waals surface area contributed by atoms with Crippen LogP contribution in [0.2, 0.25) is 0 Å². The average molecular weight is 435 g/mol. The van der Waals surface area contributed by atoms with Crippen molar-refractivity contribution in [1.82, 2.24) is 0 Å². The fourth-order valence-electron chi connectivity index (χ4n) is 7.44. The minimum absolute atomic E-state index is 0.0965. The Labute approximate surface area is 183 Å². The first kappa shape index (κ1) is 22.1. The summed E-state index contributed by atoms with van der Waals surface area (Å²) in [4.78, 5) is 36.5. The van der Waals surface area contributed by atoms with Crippen molar-refractivity contribution in [1.29, 1.82) is 0 Å². The second-order valence-corrected chi connectivity index (χ2v) is 11.3. The molecule has 3 saturated carbocycles. The van der Waals surface area contributed by atoms with Crippen LogP contribution in [0.5, 0.6) is 0 Å². The Morgan fingerprint density at radius 3 is 2.57 bits per heavy atom. The molecule has 6 atom stereocenters. The summed E-state index contributed by atoms with van der Waals surface area (Å²) in [5.41, 5.74) is -0.268. The average Bonchev–Trinajstić information content (AvgIpc) is 3.00. The number of hydrogen-bond acceptors (Lipinski definition) is 6. The molecular formula is C24H34O5S. The summed E-state index contributed by atoms with van der Waals surface area (Å²) in [7, 11) is 1.34. The first-order chi connectivity index (χ1) is 14.2. The zero-order valence-corrected chi connectivity index (χ0v) is 19.2. The van der Waals surface area contributed by atoms with Gasteiger partial charge in [0.2, 0.25) is 0 Å². The fraction of sp³-hybridized carbons (Fsp3) is 0.792. The van der Waals surface area contributed by atoms with Crippen molar-refractivity contribution in [2.45, 2.75) is 70.8 Å². The number of Topliss-reactive ketones (excluding diaryl/α,β-unsaturated/α-hetero) is 1. The summed E-state index contributed by atoms with van der Waals surface area (Å²) < 4.78 is 4.65. The fourth-order valence-corrected chi connectivity index (χ4v) is 8.25. The molecule has 0 aromatic carbocycles. The van der Waals surface area contributed by atoms with Gasteiger partial charge in [0.1, 0.15) is 5.60 Å². The number of carbonyl (C=O) groups is 3. The first-order valence-corrected chi connectivity index (χ1v) is 12.5. The van der Waals surface area contributed by atoms with Crippen molar-refractivity contribution in [3.8, 4) is 0 Å². The second kappa shape index (κ2) is 7.77. The highest BCUT2D eigenvalue weighted by Crippen LogP contribution is 2.67. The molecule has 30 heavy (non-hydrogen) atoms. The molecular weight excluding hydrogens is 400 g/mol. The van der Waals surface area contributed by atoms with Gasteiger partial charge in [0.05, 0.1) is 18.6 Å². The van der Waals surface area contributed by atoms with E-state index in [1.807, 2.05) is 6.08 Å². The molecule has 0 aromatic heterocycles. The molecule has 0 bridgehead atoms. The van der Waals surface area contributed by atoms with Crippen molar-refractivity contribution < 1.29 is 24.2 Å². The molecule has 6 unspecified atom stereocenters. The lowest BCUT2D eigenvalue weighted by atomic mass is 9.46. The Kier molecular flexibility index (Phi) is 5.72. The Bertz CT molecular complexity index is 790. The maximum atomic E-state index is 13.1. The molecule has 0 aromatic rings. The van der Waals surface area contributed by atoms with Crippen LogP contribution in [0.4, 0.5) is 0 Å². The van der Waals surface area contributed by atoms with Crippen LogP contribution in [-0.2, 0) is 19.1 Å². The maximum absolute atomic E-state index is 13.1. The third-order valence-electron chi connectivity index (χ3n) is 9.26. The quantitative estimate of drug-likeness (QED) is 0.664. The Morgan fingerprint density at radius 1 is 1.10 bits per heavy atom. The molecule has 4 aliphatic carbocycles. The second-order valence-electron chi connectivity index (χ2n) is 10.3. The number of esters is 1. The van der Waals surface area contributed by atoms with Crippen LogP contribution in [0, 0.1) is 28.6 Å². The van der Waals surface area contributed by atoms with E-state index in [1.165, 1.54) is 24.4 Å². The zero-order valence-electron chi connectivity index (χ0n) is 18.4. The van der Waals surface area contributed by atoms with E-state index in [0.717, 1.165) is 38.5 Å². The van der Waals surface area contributed by atoms with Gasteiger partial charge >= 0.3 is 5.97 Å². The lowest BCUT2D eigenvalue weighted by Crippen LogP contribution is -2.58. The van der Waals surface area contributed by atoms with E-state index in [9.17, 15) is 19.5 Å². The number of thioether (sulfide) groups is 1. The van der Waals surface area contributed by atoms with Crippen LogP contribution in [0.15, 0.2) is 11.6 Å². The summed E-state index contributed by atoms with van der Waals surface area (Å²) in [5.74, 6) is 1.45. The van der Waals surface area contributed by atoms with Gasteiger partial charge in [-0.25, -0.2) is 0 Å². The van der Waals surface area contributed by atoms with Crippen molar-refractivity contribution in [2.75, 3.05) is 18.6 Å². The summed E-state index contributed by atoms with van der Waals surface area (Å²) in [6, 6.07) is 0. The highest BCUT2D eigenvalue weighted by Gasteiger charge is 2.65. The van der Waals surface area contributed by atoms with Crippen molar-refractivity contribution >= 4 is 29.3 Å². The molecule has 3 fully saturated rings. The number of carbonyl (C=O) groups excluding carboxylic acids is 3. The van der Waals surface area contributed by atoms with Gasteiger partial charge in [0.25, 0.3) is 0 Å². The molecule has 6 heteroatoms. The van der Waals surface area contributed by atoms with Gasteiger partial charge < -0.3 is 9.84 Å². The third kappa shape index (κ3) is 3.21. The summed E-state index contributed by atoms with van der Waals surface area (Å²) in [6.45, 7) is 4.47. The van der Waals surface area contributed by atoms with Crippen LogP contribution in [0.3, 0.4) is 0 Å². The highest BCUT2D eigenvalue weighted by molar-refractivity contribution is 8.00. The number of rotatable bonds is 5. The molecule has 1 N–H and O–H groups in total. The summed E-state index contributed by atoms with van der Waals surface area (Å²) >= 11 is 1.23.